The fraction of sp³-hybridized carbons (Fsp3) is 0.846. The molecule has 0 spiro atoms. The van der Waals surface area contributed by atoms with E-state index in [1.807, 2.05) is 27.7 Å². The number of carbonyl (C=O) groups is 2. The number of nitrogens with zero attached hydrogens (tertiary/aromatic N) is 1. The van der Waals surface area contributed by atoms with Gasteiger partial charge in [0.1, 0.15) is 6.04 Å². The summed E-state index contributed by atoms with van der Waals surface area (Å²) in [5, 5.41) is 2.84. The molecule has 0 aromatic rings. The van der Waals surface area contributed by atoms with Gasteiger partial charge in [-0.1, -0.05) is 13.8 Å². The molecule has 0 aromatic heterocycles. The van der Waals surface area contributed by atoms with Crippen LogP contribution in [-0.4, -0.2) is 41.4 Å². The SMILES string of the molecule is CC(C)C(C(=O)NCC(C)(C)N)N1CCCC1=O.Cl. The molecule has 2 amide bonds. The van der Waals surface area contributed by atoms with Crippen LogP contribution in [0.15, 0.2) is 0 Å². The maximum atomic E-state index is 12.2. The predicted octanol–water partition coefficient (Wildman–Crippen LogP) is 0.909. The molecule has 0 aromatic carbocycles. The summed E-state index contributed by atoms with van der Waals surface area (Å²) in [7, 11) is 0. The van der Waals surface area contributed by atoms with Crippen molar-refractivity contribution < 1.29 is 9.59 Å². The second kappa shape index (κ2) is 7.10. The van der Waals surface area contributed by atoms with Gasteiger partial charge in [-0.3, -0.25) is 9.59 Å². The Kier molecular flexibility index (Phi) is 6.80. The summed E-state index contributed by atoms with van der Waals surface area (Å²) in [5.74, 6) is 0.0857. The van der Waals surface area contributed by atoms with E-state index < -0.39 is 5.54 Å². The Balaban J connectivity index is 0.00000324. The smallest absolute Gasteiger partial charge is 0.243 e. The largest absolute Gasteiger partial charge is 0.352 e. The molecule has 1 fully saturated rings. The van der Waals surface area contributed by atoms with Crippen molar-refractivity contribution in [1.82, 2.24) is 10.2 Å². The summed E-state index contributed by atoms with van der Waals surface area (Å²) in [6.07, 6.45) is 1.40. The molecule has 1 rings (SSSR count). The van der Waals surface area contributed by atoms with Gasteiger partial charge in [-0.2, -0.15) is 0 Å². The minimum atomic E-state index is -0.438. The van der Waals surface area contributed by atoms with E-state index in [9.17, 15) is 9.59 Å². The first-order chi connectivity index (χ1) is 8.22. The van der Waals surface area contributed by atoms with E-state index in [-0.39, 0.29) is 36.2 Å². The van der Waals surface area contributed by atoms with Crippen LogP contribution < -0.4 is 11.1 Å². The van der Waals surface area contributed by atoms with Gasteiger partial charge in [-0.15, -0.1) is 12.4 Å². The standard InChI is InChI=1S/C13H25N3O2.ClH/c1-9(2)11(16-7-5-6-10(16)17)12(18)15-8-13(3,4)14;/h9,11H,5-8,14H2,1-4H3,(H,15,18);1H. The number of carbonyl (C=O) groups excluding carboxylic acids is 2. The van der Waals surface area contributed by atoms with Crippen LogP contribution in [0, 0.1) is 5.92 Å². The lowest BCUT2D eigenvalue weighted by atomic mass is 10.0. The highest BCUT2D eigenvalue weighted by Crippen LogP contribution is 2.19. The number of hydrogen-bond acceptors (Lipinski definition) is 3. The average molecular weight is 292 g/mol. The van der Waals surface area contributed by atoms with Crippen LogP contribution in [0.3, 0.4) is 0 Å². The minimum absolute atomic E-state index is 0. The van der Waals surface area contributed by atoms with E-state index in [1.54, 1.807) is 4.90 Å². The molecule has 19 heavy (non-hydrogen) atoms. The van der Waals surface area contributed by atoms with Crippen molar-refractivity contribution in [1.29, 1.82) is 0 Å². The molecular weight excluding hydrogens is 266 g/mol. The fourth-order valence-electron chi connectivity index (χ4n) is 2.19. The molecule has 5 nitrogen and oxygen atoms in total. The highest BCUT2D eigenvalue weighted by atomic mass is 35.5. The Bertz CT molecular complexity index is 326. The van der Waals surface area contributed by atoms with Crippen LogP contribution in [-0.2, 0) is 9.59 Å². The first-order valence-corrected chi connectivity index (χ1v) is 6.58. The van der Waals surface area contributed by atoms with Crippen molar-refractivity contribution in [3.05, 3.63) is 0 Å². The fourth-order valence-corrected chi connectivity index (χ4v) is 2.19. The average Bonchev–Trinajstić information content (AvgIpc) is 2.61. The van der Waals surface area contributed by atoms with Crippen molar-refractivity contribution in [3.8, 4) is 0 Å². The molecular formula is C13H26ClN3O2. The highest BCUT2D eigenvalue weighted by Gasteiger charge is 2.35. The number of nitrogens with two attached hydrogens (primary N) is 1. The number of nitrogens with one attached hydrogen (secondary N) is 1. The summed E-state index contributed by atoms with van der Waals surface area (Å²) < 4.78 is 0. The van der Waals surface area contributed by atoms with Gasteiger partial charge in [-0.05, 0) is 26.2 Å². The maximum Gasteiger partial charge on any atom is 0.243 e. The lowest BCUT2D eigenvalue weighted by molar-refractivity contribution is -0.139. The molecule has 0 radical (unpaired) electrons. The van der Waals surface area contributed by atoms with Gasteiger partial charge >= 0.3 is 0 Å². The molecule has 0 aliphatic carbocycles. The topological polar surface area (TPSA) is 75.4 Å². The zero-order chi connectivity index (χ0) is 13.9. The molecule has 1 atom stereocenters. The third-order valence-electron chi connectivity index (χ3n) is 3.06. The van der Waals surface area contributed by atoms with Crippen LogP contribution in [0.2, 0.25) is 0 Å². The van der Waals surface area contributed by atoms with E-state index in [4.69, 9.17) is 5.73 Å². The predicted molar refractivity (Wildman–Crippen MR) is 78.1 cm³/mol. The van der Waals surface area contributed by atoms with Gasteiger partial charge in [0, 0.05) is 25.0 Å². The summed E-state index contributed by atoms with van der Waals surface area (Å²) in [6, 6.07) is -0.373. The van der Waals surface area contributed by atoms with Crippen LogP contribution in [0.5, 0.6) is 0 Å². The molecule has 1 aliphatic rings. The molecule has 6 heteroatoms. The second-order valence-corrected chi connectivity index (χ2v) is 6.09. The quantitative estimate of drug-likeness (QED) is 0.790. The van der Waals surface area contributed by atoms with Gasteiger partial charge in [0.2, 0.25) is 11.8 Å². The van der Waals surface area contributed by atoms with Gasteiger partial charge in [0.05, 0.1) is 0 Å². The van der Waals surface area contributed by atoms with E-state index in [1.165, 1.54) is 0 Å². The molecule has 1 saturated heterocycles. The van der Waals surface area contributed by atoms with Crippen LogP contribution in [0.1, 0.15) is 40.5 Å². The zero-order valence-electron chi connectivity index (χ0n) is 12.2. The van der Waals surface area contributed by atoms with Crippen LogP contribution in [0.4, 0.5) is 0 Å². The third-order valence-corrected chi connectivity index (χ3v) is 3.06. The third kappa shape index (κ3) is 5.37. The minimum Gasteiger partial charge on any atom is -0.352 e. The summed E-state index contributed by atoms with van der Waals surface area (Å²) in [6.45, 7) is 8.74. The van der Waals surface area contributed by atoms with E-state index in [0.717, 1.165) is 6.42 Å². The molecule has 1 heterocycles. The number of amides is 2. The van der Waals surface area contributed by atoms with Gasteiger partial charge in [0.15, 0.2) is 0 Å². The van der Waals surface area contributed by atoms with Crippen molar-refractivity contribution in [3.63, 3.8) is 0 Å². The lowest BCUT2D eigenvalue weighted by Crippen LogP contribution is -2.54. The van der Waals surface area contributed by atoms with Crippen molar-refractivity contribution in [2.45, 2.75) is 52.1 Å². The molecule has 1 unspecified atom stereocenters. The van der Waals surface area contributed by atoms with Crippen molar-refractivity contribution in [2.24, 2.45) is 11.7 Å². The van der Waals surface area contributed by atoms with Crippen LogP contribution >= 0.6 is 12.4 Å². The first-order valence-electron chi connectivity index (χ1n) is 6.58. The number of halogens is 1. The first kappa shape index (κ1) is 18.2. The van der Waals surface area contributed by atoms with E-state index in [2.05, 4.69) is 5.32 Å². The molecule has 3 N–H and O–H groups in total. The normalized spacial score (nSPS) is 17.4. The second-order valence-electron chi connectivity index (χ2n) is 6.09. The molecule has 1 aliphatic heterocycles. The Morgan fingerprint density at radius 3 is 2.42 bits per heavy atom. The molecule has 0 saturated carbocycles. The monoisotopic (exact) mass is 291 g/mol. The number of likely N-dealkylation sites (tertiary alicyclic amines) is 1. The zero-order valence-corrected chi connectivity index (χ0v) is 13.0. The molecule has 112 valence electrons. The molecule has 0 bridgehead atoms. The van der Waals surface area contributed by atoms with Crippen molar-refractivity contribution >= 4 is 24.2 Å². The Morgan fingerprint density at radius 2 is 2.05 bits per heavy atom. The van der Waals surface area contributed by atoms with Crippen LogP contribution in [0.25, 0.3) is 0 Å². The highest BCUT2D eigenvalue weighted by molar-refractivity contribution is 5.88. The van der Waals surface area contributed by atoms with Gasteiger partial charge in [-0.25, -0.2) is 0 Å². The number of hydrogen-bond donors (Lipinski definition) is 2. The lowest BCUT2D eigenvalue weighted by Gasteiger charge is -2.31. The summed E-state index contributed by atoms with van der Waals surface area (Å²) in [5.41, 5.74) is 5.41. The Labute approximate surface area is 121 Å². The Morgan fingerprint density at radius 1 is 1.47 bits per heavy atom. The van der Waals surface area contributed by atoms with E-state index >= 15 is 0 Å². The Hall–Kier alpha value is -0.810. The summed E-state index contributed by atoms with van der Waals surface area (Å²) in [4.78, 5) is 25.6. The summed E-state index contributed by atoms with van der Waals surface area (Å²) >= 11 is 0. The van der Waals surface area contributed by atoms with E-state index in [0.29, 0.717) is 19.5 Å². The number of rotatable bonds is 5. The maximum absolute atomic E-state index is 12.2. The van der Waals surface area contributed by atoms with Crippen molar-refractivity contribution in [2.75, 3.05) is 13.1 Å². The van der Waals surface area contributed by atoms with Gasteiger partial charge < -0.3 is 16.0 Å². The van der Waals surface area contributed by atoms with Gasteiger partial charge in [0.25, 0.3) is 0 Å².